The van der Waals surface area contributed by atoms with Crippen molar-refractivity contribution in [1.82, 2.24) is 14.1 Å². The number of hydrogen-bond donors (Lipinski definition) is 1. The summed E-state index contributed by atoms with van der Waals surface area (Å²) in [5, 5.41) is 0. The third-order valence-corrected chi connectivity index (χ3v) is 2.28. The lowest BCUT2D eigenvalue weighted by molar-refractivity contribution is 0.680. The van der Waals surface area contributed by atoms with E-state index in [-0.39, 0.29) is 11.2 Å². The Kier molecular flexibility index (Phi) is 2.29. The molecule has 78 valence electrons. The van der Waals surface area contributed by atoms with Crippen LogP contribution >= 0.6 is 0 Å². The van der Waals surface area contributed by atoms with Crippen molar-refractivity contribution >= 4 is 5.69 Å². The van der Waals surface area contributed by atoms with Gasteiger partial charge >= 0.3 is 0 Å². The van der Waals surface area contributed by atoms with Gasteiger partial charge in [0.1, 0.15) is 5.82 Å². The maximum Gasteiger partial charge on any atom is 0.274 e. The monoisotopic (exact) mass is 204 g/mol. The van der Waals surface area contributed by atoms with Gasteiger partial charge in [0.25, 0.3) is 5.56 Å². The molecule has 15 heavy (non-hydrogen) atoms. The second kappa shape index (κ2) is 3.61. The highest BCUT2D eigenvalue weighted by Crippen LogP contribution is 1.98. The van der Waals surface area contributed by atoms with Crippen molar-refractivity contribution in [3.8, 4) is 0 Å². The standard InChI is InChI=1S/C10H12N4O/c1-13-6-4-12-9(13)7-14-5-2-3-8(11)10(14)15/h2-6H,7,11H2,1H3. The molecular weight excluding hydrogens is 192 g/mol. The van der Waals surface area contributed by atoms with Crippen LogP contribution in [0.15, 0.2) is 35.5 Å². The van der Waals surface area contributed by atoms with E-state index in [1.165, 1.54) is 4.57 Å². The van der Waals surface area contributed by atoms with Gasteiger partial charge in [0, 0.05) is 25.6 Å². The normalized spacial score (nSPS) is 10.5. The molecule has 2 aromatic heterocycles. The maximum atomic E-state index is 11.6. The van der Waals surface area contributed by atoms with Crippen LogP contribution in [0.25, 0.3) is 0 Å². The number of pyridine rings is 1. The molecule has 5 nitrogen and oxygen atoms in total. The third-order valence-electron chi connectivity index (χ3n) is 2.28. The first kappa shape index (κ1) is 9.51. The Balaban J connectivity index is 2.37. The minimum atomic E-state index is -0.180. The maximum absolute atomic E-state index is 11.6. The van der Waals surface area contributed by atoms with E-state index in [0.29, 0.717) is 6.54 Å². The van der Waals surface area contributed by atoms with Gasteiger partial charge in [-0.05, 0) is 12.1 Å². The van der Waals surface area contributed by atoms with E-state index in [9.17, 15) is 4.79 Å². The second-order valence-electron chi connectivity index (χ2n) is 3.35. The van der Waals surface area contributed by atoms with Gasteiger partial charge in [-0.15, -0.1) is 0 Å². The number of hydrogen-bond acceptors (Lipinski definition) is 3. The summed E-state index contributed by atoms with van der Waals surface area (Å²) < 4.78 is 3.41. The van der Waals surface area contributed by atoms with Gasteiger partial charge in [0.05, 0.1) is 12.2 Å². The summed E-state index contributed by atoms with van der Waals surface area (Å²) in [5.41, 5.74) is 5.60. The van der Waals surface area contributed by atoms with Gasteiger partial charge in [-0.2, -0.15) is 0 Å². The summed E-state index contributed by atoms with van der Waals surface area (Å²) >= 11 is 0. The van der Waals surface area contributed by atoms with E-state index < -0.39 is 0 Å². The Morgan fingerprint density at radius 1 is 1.47 bits per heavy atom. The van der Waals surface area contributed by atoms with Gasteiger partial charge in [-0.1, -0.05) is 0 Å². The van der Waals surface area contributed by atoms with Gasteiger partial charge < -0.3 is 14.9 Å². The zero-order chi connectivity index (χ0) is 10.8. The topological polar surface area (TPSA) is 65.8 Å². The van der Waals surface area contributed by atoms with E-state index in [1.54, 1.807) is 24.5 Å². The van der Waals surface area contributed by atoms with E-state index in [0.717, 1.165) is 5.82 Å². The lowest BCUT2D eigenvalue weighted by Crippen LogP contribution is -2.23. The summed E-state index contributed by atoms with van der Waals surface area (Å²) in [7, 11) is 1.89. The number of rotatable bonds is 2. The molecule has 0 radical (unpaired) electrons. The molecule has 2 rings (SSSR count). The first-order chi connectivity index (χ1) is 7.18. The highest BCUT2D eigenvalue weighted by molar-refractivity contribution is 5.33. The molecule has 0 aromatic carbocycles. The summed E-state index contributed by atoms with van der Waals surface area (Å²) in [6.45, 7) is 0.438. The molecule has 0 aliphatic rings. The first-order valence-corrected chi connectivity index (χ1v) is 4.59. The van der Waals surface area contributed by atoms with E-state index in [2.05, 4.69) is 4.98 Å². The van der Waals surface area contributed by atoms with E-state index in [1.807, 2.05) is 17.8 Å². The molecule has 2 aromatic rings. The highest BCUT2D eigenvalue weighted by atomic mass is 16.1. The summed E-state index contributed by atoms with van der Waals surface area (Å²) in [5.74, 6) is 0.822. The average molecular weight is 204 g/mol. The molecule has 5 heteroatoms. The minimum Gasteiger partial charge on any atom is -0.394 e. The molecule has 0 bridgehead atoms. The summed E-state index contributed by atoms with van der Waals surface area (Å²) in [6, 6.07) is 3.34. The Morgan fingerprint density at radius 2 is 2.27 bits per heavy atom. The largest absolute Gasteiger partial charge is 0.394 e. The van der Waals surface area contributed by atoms with Gasteiger partial charge in [-0.3, -0.25) is 4.79 Å². The Labute approximate surface area is 86.8 Å². The number of nitrogens with zero attached hydrogens (tertiary/aromatic N) is 3. The fourth-order valence-electron chi connectivity index (χ4n) is 1.38. The lowest BCUT2D eigenvalue weighted by Gasteiger charge is -2.05. The van der Waals surface area contributed by atoms with Crippen molar-refractivity contribution < 1.29 is 0 Å². The average Bonchev–Trinajstić information content (AvgIpc) is 2.60. The number of aryl methyl sites for hydroxylation is 1. The minimum absolute atomic E-state index is 0.180. The quantitative estimate of drug-likeness (QED) is 0.760. The molecule has 0 saturated carbocycles. The smallest absolute Gasteiger partial charge is 0.274 e. The van der Waals surface area contributed by atoms with Crippen LogP contribution < -0.4 is 11.3 Å². The van der Waals surface area contributed by atoms with Gasteiger partial charge in [0.2, 0.25) is 0 Å². The number of nitrogen functional groups attached to an aromatic ring is 1. The van der Waals surface area contributed by atoms with Crippen LogP contribution in [-0.2, 0) is 13.6 Å². The molecule has 2 heterocycles. The van der Waals surface area contributed by atoms with Crippen LogP contribution in [0.4, 0.5) is 5.69 Å². The van der Waals surface area contributed by atoms with Crippen molar-refractivity contribution in [3.63, 3.8) is 0 Å². The van der Waals surface area contributed by atoms with E-state index in [4.69, 9.17) is 5.73 Å². The number of nitrogens with two attached hydrogens (primary N) is 1. The van der Waals surface area contributed by atoms with Crippen LogP contribution in [0.1, 0.15) is 5.82 Å². The molecule has 0 fully saturated rings. The lowest BCUT2D eigenvalue weighted by atomic mass is 10.4. The van der Waals surface area contributed by atoms with Crippen LogP contribution in [0.3, 0.4) is 0 Å². The number of aromatic nitrogens is 3. The van der Waals surface area contributed by atoms with Crippen LogP contribution in [-0.4, -0.2) is 14.1 Å². The molecule has 2 N–H and O–H groups in total. The van der Waals surface area contributed by atoms with Gasteiger partial charge in [0.15, 0.2) is 0 Å². The van der Waals surface area contributed by atoms with E-state index >= 15 is 0 Å². The van der Waals surface area contributed by atoms with Crippen LogP contribution in [0.2, 0.25) is 0 Å². The van der Waals surface area contributed by atoms with Crippen LogP contribution in [0.5, 0.6) is 0 Å². The molecule has 0 aliphatic heterocycles. The molecule has 0 spiro atoms. The van der Waals surface area contributed by atoms with Crippen molar-refractivity contribution in [2.45, 2.75) is 6.54 Å². The summed E-state index contributed by atoms with van der Waals surface area (Å²) in [4.78, 5) is 15.8. The van der Waals surface area contributed by atoms with Gasteiger partial charge in [-0.25, -0.2) is 4.98 Å². The Bertz CT molecular complexity index is 526. The molecule has 0 amide bonds. The second-order valence-corrected chi connectivity index (χ2v) is 3.35. The van der Waals surface area contributed by atoms with Crippen LogP contribution in [0, 0.1) is 0 Å². The Morgan fingerprint density at radius 3 is 2.93 bits per heavy atom. The number of anilines is 1. The SMILES string of the molecule is Cn1ccnc1Cn1cccc(N)c1=O. The predicted molar refractivity (Wildman–Crippen MR) is 57.4 cm³/mol. The van der Waals surface area contributed by atoms with Crippen molar-refractivity contribution in [3.05, 3.63) is 46.9 Å². The number of imidazole rings is 1. The fraction of sp³-hybridized carbons (Fsp3) is 0.200. The molecule has 0 saturated heterocycles. The Hall–Kier alpha value is -2.04. The molecular formula is C10H12N4O. The van der Waals surface area contributed by atoms with Crippen molar-refractivity contribution in [2.75, 3.05) is 5.73 Å². The highest BCUT2D eigenvalue weighted by Gasteiger charge is 2.03. The summed E-state index contributed by atoms with van der Waals surface area (Å²) in [6.07, 6.45) is 5.24. The molecule has 0 unspecified atom stereocenters. The fourth-order valence-corrected chi connectivity index (χ4v) is 1.38. The third kappa shape index (κ3) is 1.76. The molecule has 0 atom stereocenters. The predicted octanol–water partition coefficient (Wildman–Crippen LogP) is 0.212. The zero-order valence-electron chi connectivity index (χ0n) is 8.42. The first-order valence-electron chi connectivity index (χ1n) is 4.59. The van der Waals surface area contributed by atoms with Crippen molar-refractivity contribution in [1.29, 1.82) is 0 Å². The van der Waals surface area contributed by atoms with Crippen molar-refractivity contribution in [2.24, 2.45) is 7.05 Å². The zero-order valence-corrected chi connectivity index (χ0v) is 8.42. The molecule has 0 aliphatic carbocycles.